The summed E-state index contributed by atoms with van der Waals surface area (Å²) < 4.78 is 30.3. The maximum absolute atomic E-state index is 13.3. The van der Waals surface area contributed by atoms with Crippen molar-refractivity contribution in [2.45, 2.75) is 46.3 Å². The van der Waals surface area contributed by atoms with Crippen LogP contribution in [0.2, 0.25) is 0 Å². The Morgan fingerprint density at radius 3 is 2.41 bits per heavy atom. The number of hydrogen-bond acceptors (Lipinski definition) is 8. The maximum atomic E-state index is 13.3. The van der Waals surface area contributed by atoms with E-state index in [1.807, 2.05) is 18.2 Å². The molecule has 10 nitrogen and oxygen atoms in total. The number of fused-ring (bicyclic) bond motifs is 2. The number of carbonyl (C=O) groups is 2. The van der Waals surface area contributed by atoms with Crippen molar-refractivity contribution in [3.63, 3.8) is 0 Å². The van der Waals surface area contributed by atoms with E-state index in [4.69, 9.17) is 23.7 Å². The highest BCUT2D eigenvalue weighted by atomic mass is 16.7. The van der Waals surface area contributed by atoms with Crippen molar-refractivity contribution in [2.75, 3.05) is 20.0 Å². The summed E-state index contributed by atoms with van der Waals surface area (Å²) in [6, 6.07) is 17.9. The van der Waals surface area contributed by atoms with E-state index in [1.54, 1.807) is 60.9 Å². The van der Waals surface area contributed by atoms with Crippen LogP contribution in [0.3, 0.4) is 0 Å². The Hall–Kier alpha value is -4.73. The molecule has 0 spiro atoms. The first-order chi connectivity index (χ1) is 19.9. The van der Waals surface area contributed by atoms with E-state index in [-0.39, 0.29) is 26.6 Å². The van der Waals surface area contributed by atoms with Gasteiger partial charge in [-0.3, -0.25) is 4.57 Å². The Balaban J connectivity index is 1.48. The van der Waals surface area contributed by atoms with E-state index in [1.165, 1.54) is 0 Å². The van der Waals surface area contributed by atoms with E-state index in [0.29, 0.717) is 40.3 Å². The molecule has 0 radical (unpaired) electrons. The van der Waals surface area contributed by atoms with E-state index in [2.05, 4.69) is 6.92 Å². The smallest absolute Gasteiger partial charge is 0.422 e. The third-order valence-electron chi connectivity index (χ3n) is 6.72. The van der Waals surface area contributed by atoms with Gasteiger partial charge in [0.2, 0.25) is 12.9 Å². The quantitative estimate of drug-likeness (QED) is 0.243. The molecule has 214 valence electrons. The fraction of sp³-hybridized carbons (Fsp3) is 0.323. The summed E-state index contributed by atoms with van der Waals surface area (Å²) in [5.74, 6) is 1.16. The fourth-order valence-corrected chi connectivity index (χ4v) is 4.89. The van der Waals surface area contributed by atoms with Gasteiger partial charge in [-0.25, -0.2) is 14.4 Å². The van der Waals surface area contributed by atoms with Gasteiger partial charge in [-0.2, -0.15) is 4.57 Å². The van der Waals surface area contributed by atoms with Crippen LogP contribution in [0.25, 0.3) is 11.0 Å². The fourth-order valence-electron chi connectivity index (χ4n) is 4.89. The number of ether oxygens (including phenoxy) is 5. The minimum absolute atomic E-state index is 0.118. The Morgan fingerprint density at radius 2 is 1.66 bits per heavy atom. The molecule has 0 saturated carbocycles. The van der Waals surface area contributed by atoms with Crippen molar-refractivity contribution >= 4 is 23.1 Å². The molecule has 1 aliphatic rings. The zero-order chi connectivity index (χ0) is 28.9. The molecule has 1 aliphatic heterocycles. The van der Waals surface area contributed by atoms with Gasteiger partial charge in [0.1, 0.15) is 5.75 Å². The number of imidazole rings is 1. The number of esters is 1. The van der Waals surface area contributed by atoms with Crippen LogP contribution in [0, 0.1) is 0 Å². The Kier molecular flexibility index (Phi) is 8.28. The minimum atomic E-state index is -1.02. The monoisotopic (exact) mass is 560 g/mol. The van der Waals surface area contributed by atoms with Gasteiger partial charge >= 0.3 is 17.8 Å². The maximum Gasteiger partial charge on any atom is 0.422 e. The summed E-state index contributed by atoms with van der Waals surface area (Å²) in [6.45, 7) is 6.20. The predicted molar refractivity (Wildman–Crippen MR) is 151 cm³/mol. The van der Waals surface area contributed by atoms with Crippen LogP contribution in [0.15, 0.2) is 65.5 Å². The summed E-state index contributed by atoms with van der Waals surface area (Å²) >= 11 is 0. The summed E-state index contributed by atoms with van der Waals surface area (Å²) in [6.07, 6.45) is -0.220. The molecule has 0 amide bonds. The Morgan fingerprint density at radius 1 is 0.902 bits per heavy atom. The molecule has 0 aliphatic carbocycles. The van der Waals surface area contributed by atoms with Crippen molar-refractivity contribution < 1.29 is 33.3 Å². The van der Waals surface area contributed by atoms with Crippen LogP contribution in [0.1, 0.15) is 50.0 Å². The molecule has 2 heterocycles. The SMILES string of the molecule is CCCc1cc(Cn2c(=O)n(C(=O)OCC)c3ccccc32)ccc1OC(C(=O)OCC)c1ccc2c(c1)OCO2. The van der Waals surface area contributed by atoms with Crippen molar-refractivity contribution in [1.29, 1.82) is 0 Å². The minimum Gasteiger partial charge on any atom is -0.474 e. The predicted octanol–water partition coefficient (Wildman–Crippen LogP) is 5.22. The number of aromatic nitrogens is 2. The molecule has 41 heavy (non-hydrogen) atoms. The van der Waals surface area contributed by atoms with Gasteiger partial charge in [-0.15, -0.1) is 0 Å². The summed E-state index contributed by atoms with van der Waals surface area (Å²) in [7, 11) is 0. The Labute approximate surface area is 237 Å². The second-order valence-electron chi connectivity index (χ2n) is 9.45. The summed E-state index contributed by atoms with van der Waals surface area (Å²) in [5, 5.41) is 0. The highest BCUT2D eigenvalue weighted by Gasteiger charge is 2.28. The molecule has 5 rings (SSSR count). The largest absolute Gasteiger partial charge is 0.474 e. The van der Waals surface area contributed by atoms with E-state index < -0.39 is 23.9 Å². The van der Waals surface area contributed by atoms with Gasteiger partial charge in [0.15, 0.2) is 11.5 Å². The number of aryl methyl sites for hydroxylation is 1. The van der Waals surface area contributed by atoms with Gasteiger partial charge in [0.25, 0.3) is 0 Å². The standard InChI is InChI=1S/C31H32N2O8/c1-4-9-21-16-20(18-32-23-10-7-8-11-24(23)33(30(32)35)31(36)38-6-3)12-14-25(21)41-28(29(34)37-5-2)22-13-15-26-27(17-22)40-19-39-26/h7-8,10-17,28H,4-6,9,18-19H2,1-3H3. The van der Waals surface area contributed by atoms with Gasteiger partial charge in [-0.1, -0.05) is 43.7 Å². The first-order valence-electron chi connectivity index (χ1n) is 13.7. The highest BCUT2D eigenvalue weighted by Crippen LogP contribution is 2.36. The normalized spacial score (nSPS) is 12.8. The van der Waals surface area contributed by atoms with Crippen molar-refractivity contribution in [3.8, 4) is 17.2 Å². The van der Waals surface area contributed by atoms with Crippen LogP contribution in [-0.2, 0) is 27.2 Å². The van der Waals surface area contributed by atoms with E-state index >= 15 is 0 Å². The average molecular weight is 561 g/mol. The molecule has 1 atom stereocenters. The molecule has 10 heteroatoms. The Bertz CT molecular complexity index is 1640. The molecule has 0 N–H and O–H groups in total. The number of carbonyl (C=O) groups excluding carboxylic acids is 2. The van der Waals surface area contributed by atoms with Crippen LogP contribution in [0.4, 0.5) is 4.79 Å². The van der Waals surface area contributed by atoms with Crippen LogP contribution in [-0.4, -0.2) is 41.2 Å². The van der Waals surface area contributed by atoms with Gasteiger partial charge in [0.05, 0.1) is 30.8 Å². The second-order valence-corrected chi connectivity index (χ2v) is 9.45. The van der Waals surface area contributed by atoms with Crippen LogP contribution in [0.5, 0.6) is 17.2 Å². The number of nitrogens with zero attached hydrogens (tertiary/aromatic N) is 2. The third-order valence-corrected chi connectivity index (χ3v) is 6.72. The highest BCUT2D eigenvalue weighted by molar-refractivity contribution is 5.87. The second kappa shape index (κ2) is 12.2. The zero-order valence-corrected chi connectivity index (χ0v) is 23.3. The van der Waals surface area contributed by atoms with Crippen molar-refractivity contribution in [3.05, 3.63) is 87.8 Å². The summed E-state index contributed by atoms with van der Waals surface area (Å²) in [4.78, 5) is 38.9. The molecule has 0 saturated heterocycles. The molecule has 1 aromatic heterocycles. The summed E-state index contributed by atoms with van der Waals surface area (Å²) in [5.41, 5.74) is 2.91. The van der Waals surface area contributed by atoms with E-state index in [9.17, 15) is 14.4 Å². The van der Waals surface area contributed by atoms with Gasteiger partial charge in [-0.05, 0) is 61.7 Å². The van der Waals surface area contributed by atoms with Gasteiger partial charge in [0, 0.05) is 5.56 Å². The first kappa shape index (κ1) is 27.8. The van der Waals surface area contributed by atoms with Crippen LogP contribution < -0.4 is 19.9 Å². The van der Waals surface area contributed by atoms with Crippen LogP contribution >= 0.6 is 0 Å². The van der Waals surface area contributed by atoms with Gasteiger partial charge < -0.3 is 23.7 Å². The molecular weight excluding hydrogens is 528 g/mol. The lowest BCUT2D eigenvalue weighted by atomic mass is 10.0. The molecule has 0 bridgehead atoms. The molecule has 3 aromatic carbocycles. The third kappa shape index (κ3) is 5.63. The van der Waals surface area contributed by atoms with Crippen molar-refractivity contribution in [1.82, 2.24) is 9.13 Å². The average Bonchev–Trinajstić information content (AvgIpc) is 3.55. The van der Waals surface area contributed by atoms with Crippen molar-refractivity contribution in [2.24, 2.45) is 0 Å². The molecule has 4 aromatic rings. The number of hydrogen-bond donors (Lipinski definition) is 0. The lowest BCUT2D eigenvalue weighted by molar-refractivity contribution is -0.151. The molecule has 1 unspecified atom stereocenters. The first-order valence-corrected chi connectivity index (χ1v) is 13.7. The lowest BCUT2D eigenvalue weighted by Crippen LogP contribution is -2.30. The zero-order valence-electron chi connectivity index (χ0n) is 23.3. The van der Waals surface area contributed by atoms with E-state index in [0.717, 1.165) is 22.1 Å². The molecule has 0 fully saturated rings. The topological polar surface area (TPSA) is 107 Å². The number of benzene rings is 3. The lowest BCUT2D eigenvalue weighted by Gasteiger charge is -2.21. The number of rotatable bonds is 10. The number of para-hydroxylation sites is 2. The molecular formula is C31H32N2O8.